The molecule has 0 fully saturated rings. The van der Waals surface area contributed by atoms with Gasteiger partial charge < -0.3 is 15.0 Å². The van der Waals surface area contributed by atoms with Crippen molar-refractivity contribution < 1.29 is 9.13 Å². The molecule has 0 saturated heterocycles. The van der Waals surface area contributed by atoms with Crippen molar-refractivity contribution >= 4 is 35.6 Å². The minimum Gasteiger partial charge on any atom is -0.488 e. The number of nitrogens with zero attached hydrogens (tertiary/aromatic N) is 1. The molecular formula is C23H29Cl2FN2O. The standard InChI is InChI=1S/C23H27FN2O.2ClH/c1-26(2)15-7-14-25-16-21-20-10-5-3-8-18(20)12-13-23(21)27-17-19-9-4-6-11-22(19)24;;/h3-6,8-13,25H,7,14-17H2,1-2H3;2*1H. The van der Waals surface area contributed by atoms with Gasteiger partial charge in [0.05, 0.1) is 0 Å². The summed E-state index contributed by atoms with van der Waals surface area (Å²) in [6.45, 7) is 2.94. The van der Waals surface area contributed by atoms with Crippen LogP contribution in [0.1, 0.15) is 17.5 Å². The number of halogens is 3. The van der Waals surface area contributed by atoms with Gasteiger partial charge in [-0.1, -0.05) is 48.5 Å². The Morgan fingerprint density at radius 2 is 1.66 bits per heavy atom. The lowest BCUT2D eigenvalue weighted by Gasteiger charge is -2.16. The Labute approximate surface area is 185 Å². The molecule has 0 unspecified atom stereocenters. The molecule has 3 rings (SSSR count). The van der Waals surface area contributed by atoms with Gasteiger partial charge in [-0.05, 0) is 56.5 Å². The van der Waals surface area contributed by atoms with Gasteiger partial charge in [-0.15, -0.1) is 24.8 Å². The Kier molecular flexibility index (Phi) is 11.0. The molecule has 3 nitrogen and oxygen atoms in total. The Hall–Kier alpha value is -1.85. The molecule has 0 saturated carbocycles. The van der Waals surface area contributed by atoms with Crippen LogP contribution in [0.15, 0.2) is 60.7 Å². The normalized spacial score (nSPS) is 10.5. The van der Waals surface area contributed by atoms with E-state index < -0.39 is 0 Å². The molecule has 0 bridgehead atoms. The molecule has 0 aliphatic rings. The zero-order valence-corrected chi connectivity index (χ0v) is 18.5. The largest absolute Gasteiger partial charge is 0.488 e. The van der Waals surface area contributed by atoms with Crippen LogP contribution in [-0.2, 0) is 13.2 Å². The maximum Gasteiger partial charge on any atom is 0.129 e. The van der Waals surface area contributed by atoms with Crippen LogP contribution in [-0.4, -0.2) is 32.1 Å². The SMILES string of the molecule is CN(C)CCCNCc1c(OCc2ccccc2F)ccc2ccccc12.Cl.Cl. The van der Waals surface area contributed by atoms with E-state index in [4.69, 9.17) is 4.74 Å². The molecule has 0 spiro atoms. The van der Waals surface area contributed by atoms with Crippen LogP contribution < -0.4 is 10.1 Å². The van der Waals surface area contributed by atoms with Crippen molar-refractivity contribution in [2.45, 2.75) is 19.6 Å². The molecular weight excluding hydrogens is 410 g/mol. The summed E-state index contributed by atoms with van der Waals surface area (Å²) < 4.78 is 19.9. The van der Waals surface area contributed by atoms with Gasteiger partial charge in [0.1, 0.15) is 18.2 Å². The average Bonchev–Trinajstić information content (AvgIpc) is 2.67. The van der Waals surface area contributed by atoms with Crippen molar-refractivity contribution in [2.24, 2.45) is 0 Å². The Bertz CT molecular complexity index is 890. The van der Waals surface area contributed by atoms with E-state index in [9.17, 15) is 4.39 Å². The minimum atomic E-state index is -0.235. The first-order valence-corrected chi connectivity index (χ1v) is 9.37. The quantitative estimate of drug-likeness (QED) is 0.449. The molecule has 0 aromatic heterocycles. The molecule has 0 amide bonds. The molecule has 1 N–H and O–H groups in total. The van der Waals surface area contributed by atoms with Crippen molar-refractivity contribution in [1.29, 1.82) is 0 Å². The van der Waals surface area contributed by atoms with Crippen molar-refractivity contribution in [3.8, 4) is 5.75 Å². The van der Waals surface area contributed by atoms with E-state index in [-0.39, 0.29) is 37.2 Å². The zero-order chi connectivity index (χ0) is 19.1. The summed E-state index contributed by atoms with van der Waals surface area (Å²) in [6, 6.07) is 19.1. The van der Waals surface area contributed by atoms with Gasteiger partial charge in [-0.3, -0.25) is 0 Å². The average molecular weight is 439 g/mol. The highest BCUT2D eigenvalue weighted by Gasteiger charge is 2.10. The number of nitrogens with one attached hydrogen (secondary N) is 1. The first kappa shape index (κ1) is 25.2. The summed E-state index contributed by atoms with van der Waals surface area (Å²) in [7, 11) is 4.17. The fourth-order valence-electron chi connectivity index (χ4n) is 3.14. The van der Waals surface area contributed by atoms with Crippen molar-refractivity contribution in [3.05, 3.63) is 77.6 Å². The van der Waals surface area contributed by atoms with E-state index >= 15 is 0 Å². The second-order valence-corrected chi connectivity index (χ2v) is 6.98. The van der Waals surface area contributed by atoms with Crippen LogP contribution in [0.5, 0.6) is 5.75 Å². The fraction of sp³-hybridized carbons (Fsp3) is 0.304. The maximum atomic E-state index is 13.9. The van der Waals surface area contributed by atoms with Gasteiger partial charge in [0.2, 0.25) is 0 Å². The predicted octanol–water partition coefficient (Wildman–Crippen LogP) is 5.44. The summed E-state index contributed by atoms with van der Waals surface area (Å²) in [4.78, 5) is 2.18. The number of fused-ring (bicyclic) bond motifs is 1. The minimum absolute atomic E-state index is 0. The highest BCUT2D eigenvalue weighted by molar-refractivity contribution is 5.87. The summed E-state index contributed by atoms with van der Waals surface area (Å²) in [5.74, 6) is 0.568. The van der Waals surface area contributed by atoms with Gasteiger partial charge >= 0.3 is 0 Å². The fourth-order valence-corrected chi connectivity index (χ4v) is 3.14. The molecule has 0 radical (unpaired) electrons. The molecule has 158 valence electrons. The van der Waals surface area contributed by atoms with Crippen LogP contribution in [0.3, 0.4) is 0 Å². The van der Waals surface area contributed by atoms with E-state index in [2.05, 4.69) is 42.5 Å². The summed E-state index contributed by atoms with van der Waals surface area (Å²) in [6.07, 6.45) is 1.09. The number of hydrogen-bond acceptors (Lipinski definition) is 3. The number of hydrogen-bond donors (Lipinski definition) is 1. The van der Waals surface area contributed by atoms with Crippen molar-refractivity contribution in [2.75, 3.05) is 27.2 Å². The topological polar surface area (TPSA) is 24.5 Å². The molecule has 0 aliphatic heterocycles. The van der Waals surface area contributed by atoms with Gasteiger partial charge in [-0.2, -0.15) is 0 Å². The monoisotopic (exact) mass is 438 g/mol. The van der Waals surface area contributed by atoms with Gasteiger partial charge in [0, 0.05) is 17.7 Å². The van der Waals surface area contributed by atoms with E-state index in [1.807, 2.05) is 24.3 Å². The molecule has 29 heavy (non-hydrogen) atoms. The molecule has 6 heteroatoms. The summed E-state index contributed by atoms with van der Waals surface area (Å²) in [5, 5.41) is 5.87. The second-order valence-electron chi connectivity index (χ2n) is 6.98. The molecule has 0 aliphatic carbocycles. The lowest BCUT2D eigenvalue weighted by atomic mass is 10.0. The van der Waals surface area contributed by atoms with E-state index in [1.54, 1.807) is 12.1 Å². The molecule has 0 heterocycles. The van der Waals surface area contributed by atoms with E-state index in [0.717, 1.165) is 37.4 Å². The van der Waals surface area contributed by atoms with Gasteiger partial charge in [-0.25, -0.2) is 4.39 Å². The highest BCUT2D eigenvalue weighted by Crippen LogP contribution is 2.29. The smallest absolute Gasteiger partial charge is 0.129 e. The lowest BCUT2D eigenvalue weighted by molar-refractivity contribution is 0.296. The van der Waals surface area contributed by atoms with Crippen molar-refractivity contribution in [3.63, 3.8) is 0 Å². The van der Waals surface area contributed by atoms with Gasteiger partial charge in [0.25, 0.3) is 0 Å². The summed E-state index contributed by atoms with van der Waals surface area (Å²) >= 11 is 0. The number of benzene rings is 3. The van der Waals surface area contributed by atoms with Crippen LogP contribution in [0, 0.1) is 5.82 Å². The number of ether oxygens (including phenoxy) is 1. The van der Waals surface area contributed by atoms with Crippen LogP contribution >= 0.6 is 24.8 Å². The van der Waals surface area contributed by atoms with E-state index in [0.29, 0.717) is 5.56 Å². The highest BCUT2D eigenvalue weighted by atomic mass is 35.5. The Morgan fingerprint density at radius 3 is 2.41 bits per heavy atom. The summed E-state index contributed by atoms with van der Waals surface area (Å²) in [5.41, 5.74) is 1.69. The van der Waals surface area contributed by atoms with Crippen LogP contribution in [0.25, 0.3) is 10.8 Å². The Morgan fingerprint density at radius 1 is 0.931 bits per heavy atom. The maximum absolute atomic E-state index is 13.9. The lowest BCUT2D eigenvalue weighted by Crippen LogP contribution is -2.21. The molecule has 3 aromatic carbocycles. The zero-order valence-electron chi connectivity index (χ0n) is 16.9. The van der Waals surface area contributed by atoms with E-state index in [1.165, 1.54) is 16.8 Å². The molecule has 3 aromatic rings. The first-order chi connectivity index (χ1) is 13.1. The van der Waals surface area contributed by atoms with Crippen LogP contribution in [0.2, 0.25) is 0 Å². The van der Waals surface area contributed by atoms with Crippen molar-refractivity contribution in [1.82, 2.24) is 10.2 Å². The molecule has 0 atom stereocenters. The Balaban J connectivity index is 0.00000210. The number of rotatable bonds is 9. The third-order valence-corrected chi connectivity index (χ3v) is 4.60. The van der Waals surface area contributed by atoms with Crippen LogP contribution in [0.4, 0.5) is 4.39 Å². The third-order valence-electron chi connectivity index (χ3n) is 4.60. The second kappa shape index (κ2) is 12.7. The third kappa shape index (κ3) is 7.16. The van der Waals surface area contributed by atoms with Gasteiger partial charge in [0.15, 0.2) is 0 Å². The predicted molar refractivity (Wildman–Crippen MR) is 124 cm³/mol. The first-order valence-electron chi connectivity index (χ1n) is 9.37.